The maximum atomic E-state index is 5.84. The Bertz CT molecular complexity index is 403. The molecule has 1 aliphatic heterocycles. The highest BCUT2D eigenvalue weighted by atomic mass is 32.2. The standard InChI is InChI=1S/C13H23N3S2/c1-8(2)12-11(7-14)18-13(15-12)16-5-6-17-10(4)9(16)3/h8-10H,5-7,14H2,1-4H3. The van der Waals surface area contributed by atoms with Gasteiger partial charge in [-0.15, -0.1) is 11.3 Å². The molecule has 1 aromatic rings. The van der Waals surface area contributed by atoms with E-state index in [1.54, 1.807) is 11.3 Å². The van der Waals surface area contributed by atoms with Crippen LogP contribution in [0.15, 0.2) is 0 Å². The Morgan fingerprint density at radius 3 is 2.72 bits per heavy atom. The van der Waals surface area contributed by atoms with Crippen molar-refractivity contribution >= 4 is 28.2 Å². The summed E-state index contributed by atoms with van der Waals surface area (Å²) in [6, 6.07) is 0.556. The topological polar surface area (TPSA) is 42.2 Å². The molecule has 0 aromatic carbocycles. The molecule has 2 unspecified atom stereocenters. The molecule has 1 fully saturated rings. The van der Waals surface area contributed by atoms with Crippen LogP contribution in [0.1, 0.15) is 44.2 Å². The zero-order valence-corrected chi connectivity index (χ0v) is 13.3. The third-order valence-corrected chi connectivity index (χ3v) is 6.05. The normalized spacial score (nSPS) is 24.9. The summed E-state index contributed by atoms with van der Waals surface area (Å²) >= 11 is 3.84. The van der Waals surface area contributed by atoms with Crippen molar-refractivity contribution in [3.8, 4) is 0 Å². The van der Waals surface area contributed by atoms with E-state index < -0.39 is 0 Å². The number of anilines is 1. The van der Waals surface area contributed by atoms with Crippen LogP contribution in [-0.2, 0) is 6.54 Å². The third-order valence-electron chi connectivity index (χ3n) is 3.58. The van der Waals surface area contributed by atoms with Crippen LogP contribution in [0.2, 0.25) is 0 Å². The van der Waals surface area contributed by atoms with Gasteiger partial charge in [0.15, 0.2) is 5.13 Å². The van der Waals surface area contributed by atoms with E-state index in [9.17, 15) is 0 Å². The van der Waals surface area contributed by atoms with Crippen molar-refractivity contribution in [2.75, 3.05) is 17.2 Å². The van der Waals surface area contributed by atoms with Gasteiger partial charge >= 0.3 is 0 Å². The third kappa shape index (κ3) is 2.68. The van der Waals surface area contributed by atoms with Crippen LogP contribution in [-0.4, -0.2) is 28.6 Å². The van der Waals surface area contributed by atoms with Gasteiger partial charge in [-0.2, -0.15) is 11.8 Å². The second-order valence-corrected chi connectivity index (χ2v) is 7.72. The maximum Gasteiger partial charge on any atom is 0.186 e. The highest BCUT2D eigenvalue weighted by molar-refractivity contribution is 8.00. The predicted octanol–water partition coefficient (Wildman–Crippen LogP) is 3.06. The molecule has 102 valence electrons. The summed E-state index contributed by atoms with van der Waals surface area (Å²) in [5.41, 5.74) is 7.03. The number of thioether (sulfide) groups is 1. The minimum absolute atomic E-state index is 0.459. The molecule has 1 aliphatic rings. The Kier molecular flexibility index (Phi) is 4.56. The van der Waals surface area contributed by atoms with Crippen molar-refractivity contribution in [2.24, 2.45) is 5.73 Å². The largest absolute Gasteiger partial charge is 0.343 e. The molecule has 0 saturated carbocycles. The molecular weight excluding hydrogens is 262 g/mol. The van der Waals surface area contributed by atoms with E-state index in [0.717, 1.165) is 6.54 Å². The molecule has 2 atom stereocenters. The molecule has 0 spiro atoms. The zero-order chi connectivity index (χ0) is 13.3. The van der Waals surface area contributed by atoms with Gasteiger partial charge in [0.25, 0.3) is 0 Å². The second-order valence-electron chi connectivity index (χ2n) is 5.17. The van der Waals surface area contributed by atoms with Crippen LogP contribution in [0, 0.1) is 0 Å². The second kappa shape index (κ2) is 5.80. The molecule has 1 aromatic heterocycles. The summed E-state index contributed by atoms with van der Waals surface area (Å²) < 4.78 is 0. The minimum Gasteiger partial charge on any atom is -0.343 e. The van der Waals surface area contributed by atoms with Gasteiger partial charge in [-0.05, 0) is 12.8 Å². The van der Waals surface area contributed by atoms with Crippen LogP contribution in [0.4, 0.5) is 5.13 Å². The summed E-state index contributed by atoms with van der Waals surface area (Å²) in [4.78, 5) is 8.55. The predicted molar refractivity (Wildman–Crippen MR) is 82.8 cm³/mol. The average molecular weight is 285 g/mol. The van der Waals surface area contributed by atoms with E-state index in [1.807, 2.05) is 0 Å². The maximum absolute atomic E-state index is 5.84. The number of thiazole rings is 1. The quantitative estimate of drug-likeness (QED) is 0.927. The molecule has 3 nitrogen and oxygen atoms in total. The van der Waals surface area contributed by atoms with Gasteiger partial charge in [0, 0.05) is 35.0 Å². The molecule has 5 heteroatoms. The molecule has 2 heterocycles. The number of rotatable bonds is 3. The molecule has 0 amide bonds. The summed E-state index contributed by atoms with van der Waals surface area (Å²) in [5.74, 6) is 1.65. The van der Waals surface area contributed by atoms with Crippen molar-refractivity contribution in [3.05, 3.63) is 10.6 Å². The van der Waals surface area contributed by atoms with Crippen LogP contribution < -0.4 is 10.6 Å². The molecule has 2 N–H and O–H groups in total. The monoisotopic (exact) mass is 285 g/mol. The molecule has 0 radical (unpaired) electrons. The lowest BCUT2D eigenvalue weighted by Gasteiger charge is -2.37. The number of hydrogen-bond donors (Lipinski definition) is 1. The first-order chi connectivity index (χ1) is 8.54. The Balaban J connectivity index is 2.27. The van der Waals surface area contributed by atoms with Gasteiger partial charge in [0.2, 0.25) is 0 Å². The van der Waals surface area contributed by atoms with E-state index in [-0.39, 0.29) is 0 Å². The Labute approximate surface area is 118 Å². The highest BCUT2D eigenvalue weighted by Gasteiger charge is 2.28. The molecular formula is C13H23N3S2. The lowest BCUT2D eigenvalue weighted by molar-refractivity contribution is 0.624. The van der Waals surface area contributed by atoms with Crippen molar-refractivity contribution in [2.45, 2.75) is 51.4 Å². The number of nitrogens with zero attached hydrogens (tertiary/aromatic N) is 2. The number of hydrogen-bond acceptors (Lipinski definition) is 5. The molecule has 0 bridgehead atoms. The van der Waals surface area contributed by atoms with Gasteiger partial charge in [0.05, 0.1) is 5.69 Å². The fourth-order valence-electron chi connectivity index (χ4n) is 2.27. The minimum atomic E-state index is 0.459. The van der Waals surface area contributed by atoms with Crippen molar-refractivity contribution in [1.82, 2.24) is 4.98 Å². The van der Waals surface area contributed by atoms with Crippen LogP contribution in [0.5, 0.6) is 0 Å². The van der Waals surface area contributed by atoms with E-state index in [2.05, 4.69) is 44.4 Å². The fourth-order valence-corrected chi connectivity index (χ4v) is 4.58. The zero-order valence-electron chi connectivity index (χ0n) is 11.6. The average Bonchev–Trinajstić information content (AvgIpc) is 2.76. The van der Waals surface area contributed by atoms with Gasteiger partial charge in [0.1, 0.15) is 0 Å². The summed E-state index contributed by atoms with van der Waals surface area (Å²) in [5, 5.41) is 1.84. The number of aromatic nitrogens is 1. The summed E-state index contributed by atoms with van der Waals surface area (Å²) in [7, 11) is 0. The molecule has 18 heavy (non-hydrogen) atoms. The van der Waals surface area contributed by atoms with E-state index >= 15 is 0 Å². The highest BCUT2D eigenvalue weighted by Crippen LogP contribution is 2.35. The first kappa shape index (κ1) is 14.2. The van der Waals surface area contributed by atoms with Crippen molar-refractivity contribution < 1.29 is 0 Å². The van der Waals surface area contributed by atoms with Crippen LogP contribution in [0.25, 0.3) is 0 Å². The molecule has 0 aliphatic carbocycles. The van der Waals surface area contributed by atoms with Crippen LogP contribution >= 0.6 is 23.1 Å². The van der Waals surface area contributed by atoms with Gasteiger partial charge in [-0.25, -0.2) is 4.98 Å². The smallest absolute Gasteiger partial charge is 0.186 e. The fraction of sp³-hybridized carbons (Fsp3) is 0.769. The SMILES string of the molecule is CC(C)c1nc(N2CCSC(C)C2C)sc1CN. The molecule has 2 rings (SSSR count). The van der Waals surface area contributed by atoms with E-state index in [4.69, 9.17) is 10.7 Å². The number of nitrogens with two attached hydrogens (primary N) is 1. The Morgan fingerprint density at radius 1 is 1.44 bits per heavy atom. The van der Waals surface area contributed by atoms with Crippen molar-refractivity contribution in [1.29, 1.82) is 0 Å². The van der Waals surface area contributed by atoms with E-state index in [0.29, 0.717) is 23.8 Å². The lowest BCUT2D eigenvalue weighted by atomic mass is 10.1. The summed E-state index contributed by atoms with van der Waals surface area (Å²) in [6.07, 6.45) is 0. The lowest BCUT2D eigenvalue weighted by Crippen LogP contribution is -2.44. The Hall–Kier alpha value is -0.260. The van der Waals surface area contributed by atoms with Crippen molar-refractivity contribution in [3.63, 3.8) is 0 Å². The van der Waals surface area contributed by atoms with E-state index in [1.165, 1.54) is 21.5 Å². The van der Waals surface area contributed by atoms with Gasteiger partial charge < -0.3 is 10.6 Å². The Morgan fingerprint density at radius 2 is 2.17 bits per heavy atom. The summed E-state index contributed by atoms with van der Waals surface area (Å²) in [6.45, 7) is 10.7. The van der Waals surface area contributed by atoms with Gasteiger partial charge in [-0.1, -0.05) is 20.8 Å². The first-order valence-electron chi connectivity index (χ1n) is 6.62. The van der Waals surface area contributed by atoms with Gasteiger partial charge in [-0.3, -0.25) is 0 Å². The first-order valence-corrected chi connectivity index (χ1v) is 8.49. The molecule has 1 saturated heterocycles. The van der Waals surface area contributed by atoms with Crippen LogP contribution in [0.3, 0.4) is 0 Å².